The van der Waals surface area contributed by atoms with Gasteiger partial charge in [-0.15, -0.1) is 0 Å². The van der Waals surface area contributed by atoms with E-state index in [-0.39, 0.29) is 28.6 Å². The molecule has 1 saturated carbocycles. The number of hydrogen-bond donors (Lipinski definition) is 1. The molecule has 8 heteroatoms. The van der Waals surface area contributed by atoms with Gasteiger partial charge in [-0.3, -0.25) is 9.48 Å². The fourth-order valence-electron chi connectivity index (χ4n) is 4.75. The smallest absolute Gasteiger partial charge is 0.257 e. The third-order valence-electron chi connectivity index (χ3n) is 6.33. The second-order valence-corrected chi connectivity index (χ2v) is 9.06. The Hall–Kier alpha value is -2.93. The predicted octanol–water partition coefficient (Wildman–Crippen LogP) is 4.97. The summed E-state index contributed by atoms with van der Waals surface area (Å²) in [7, 11) is 0. The normalized spacial score (nSPS) is 17.5. The molecule has 160 valence electrons. The molecule has 1 aromatic heterocycles. The summed E-state index contributed by atoms with van der Waals surface area (Å²) in [6, 6.07) is 7.91. The molecule has 1 aliphatic heterocycles. The fraction of sp³-hybridized carbons (Fsp3) is 0.304. The van der Waals surface area contributed by atoms with Crippen LogP contribution in [0.4, 0.5) is 8.78 Å². The number of halogens is 3. The highest BCUT2D eigenvalue weighted by atomic mass is 35.5. The summed E-state index contributed by atoms with van der Waals surface area (Å²) < 4.78 is 29.5. The predicted molar refractivity (Wildman–Crippen MR) is 112 cm³/mol. The molecule has 0 atom stereocenters. The minimum Gasteiger partial charge on any atom is -0.508 e. The third kappa shape index (κ3) is 3.37. The largest absolute Gasteiger partial charge is 0.508 e. The number of nitrogens with zero attached hydrogens (tertiary/aromatic N) is 3. The van der Waals surface area contributed by atoms with Gasteiger partial charge in [0.1, 0.15) is 17.4 Å². The number of hydrogen-bond acceptors (Lipinski definition) is 3. The van der Waals surface area contributed by atoms with Crippen LogP contribution in [0.1, 0.15) is 34.8 Å². The molecule has 1 aliphatic carbocycles. The molecule has 2 aromatic carbocycles. The van der Waals surface area contributed by atoms with Crippen molar-refractivity contribution >= 4 is 17.5 Å². The summed E-state index contributed by atoms with van der Waals surface area (Å²) >= 11 is 6.24. The van der Waals surface area contributed by atoms with Gasteiger partial charge in [-0.25, -0.2) is 8.78 Å². The van der Waals surface area contributed by atoms with E-state index in [4.69, 9.17) is 11.6 Å². The van der Waals surface area contributed by atoms with Crippen LogP contribution in [0.5, 0.6) is 5.75 Å². The van der Waals surface area contributed by atoms with Crippen LogP contribution < -0.4 is 0 Å². The van der Waals surface area contributed by atoms with Crippen molar-refractivity contribution in [2.75, 3.05) is 13.1 Å². The maximum atomic E-state index is 13.9. The fourth-order valence-corrected chi connectivity index (χ4v) is 4.96. The summed E-state index contributed by atoms with van der Waals surface area (Å²) in [5.74, 6) is -1.53. The Morgan fingerprint density at radius 2 is 1.94 bits per heavy atom. The van der Waals surface area contributed by atoms with Gasteiger partial charge < -0.3 is 10.0 Å². The molecule has 0 radical (unpaired) electrons. The zero-order valence-corrected chi connectivity index (χ0v) is 17.5. The van der Waals surface area contributed by atoms with Crippen molar-refractivity contribution in [1.82, 2.24) is 14.7 Å². The van der Waals surface area contributed by atoms with Crippen molar-refractivity contribution < 1.29 is 18.7 Å². The van der Waals surface area contributed by atoms with Crippen LogP contribution in [0.15, 0.2) is 42.6 Å². The zero-order chi connectivity index (χ0) is 21.9. The van der Waals surface area contributed by atoms with Gasteiger partial charge in [-0.1, -0.05) is 11.6 Å². The number of aromatic nitrogens is 2. The van der Waals surface area contributed by atoms with Crippen molar-refractivity contribution in [3.05, 3.63) is 70.4 Å². The molecular formula is C23H20ClF2N3O2. The van der Waals surface area contributed by atoms with E-state index in [1.54, 1.807) is 4.90 Å². The van der Waals surface area contributed by atoms with Crippen molar-refractivity contribution in [2.24, 2.45) is 5.41 Å². The van der Waals surface area contributed by atoms with Gasteiger partial charge >= 0.3 is 0 Å². The van der Waals surface area contributed by atoms with Crippen LogP contribution in [-0.2, 0) is 0 Å². The van der Waals surface area contributed by atoms with Crippen LogP contribution in [0, 0.1) is 24.0 Å². The Balaban J connectivity index is 1.26. The summed E-state index contributed by atoms with van der Waals surface area (Å²) in [6.45, 7) is 3.03. The van der Waals surface area contributed by atoms with E-state index in [9.17, 15) is 18.7 Å². The Labute approximate surface area is 182 Å². The molecule has 1 amide bonds. The summed E-state index contributed by atoms with van der Waals surface area (Å²) in [4.78, 5) is 14.2. The van der Waals surface area contributed by atoms with Gasteiger partial charge in [-0.2, -0.15) is 5.10 Å². The van der Waals surface area contributed by atoms with E-state index < -0.39 is 11.7 Å². The van der Waals surface area contributed by atoms with Crippen LogP contribution in [0.25, 0.3) is 11.3 Å². The first-order valence-corrected chi connectivity index (χ1v) is 10.4. The third-order valence-corrected chi connectivity index (χ3v) is 6.66. The second kappa shape index (κ2) is 7.05. The molecule has 2 aliphatic rings. The lowest BCUT2D eigenvalue weighted by Crippen LogP contribution is -2.63. The molecule has 5 rings (SSSR count). The number of carbonyl (C=O) groups is 1. The summed E-state index contributed by atoms with van der Waals surface area (Å²) in [6.07, 6.45) is 3.66. The lowest BCUT2D eigenvalue weighted by Gasteiger charge is -2.58. The van der Waals surface area contributed by atoms with Crippen LogP contribution in [-0.4, -0.2) is 38.8 Å². The maximum absolute atomic E-state index is 13.9. The van der Waals surface area contributed by atoms with E-state index in [1.807, 2.05) is 17.8 Å². The van der Waals surface area contributed by atoms with Gasteiger partial charge in [0.05, 0.1) is 22.3 Å². The standard InChI is InChI=1S/C23H20ClF2N3O2/c1-13-10-29(27-21(13)17-6-14(25)2-4-19(17)24)15-8-23(9-15)11-28(12-23)22(31)18-7-16(30)3-5-20(18)26/h2-7,10,15,30H,8-9,11-12H2,1H3. The monoisotopic (exact) mass is 443 g/mol. The number of likely N-dealkylation sites (tertiary alicyclic amines) is 1. The first kappa shape index (κ1) is 20.0. The quantitative estimate of drug-likeness (QED) is 0.621. The number of rotatable bonds is 3. The Kier molecular flexibility index (Phi) is 4.55. The Morgan fingerprint density at radius 1 is 1.19 bits per heavy atom. The molecule has 31 heavy (non-hydrogen) atoms. The number of aryl methyl sites for hydroxylation is 1. The van der Waals surface area contributed by atoms with Gasteiger partial charge in [0.25, 0.3) is 5.91 Å². The van der Waals surface area contributed by atoms with Crippen molar-refractivity contribution in [3.8, 4) is 17.0 Å². The molecule has 1 saturated heterocycles. The van der Waals surface area contributed by atoms with Gasteiger partial charge in [0, 0.05) is 30.3 Å². The number of phenolic OH excluding ortho intramolecular Hbond substituents is 1. The minimum atomic E-state index is -0.634. The van der Waals surface area contributed by atoms with Crippen LogP contribution >= 0.6 is 11.6 Å². The Morgan fingerprint density at radius 3 is 2.68 bits per heavy atom. The van der Waals surface area contributed by atoms with E-state index in [1.165, 1.54) is 24.3 Å². The number of amides is 1. The number of benzene rings is 2. The van der Waals surface area contributed by atoms with Gasteiger partial charge in [-0.05, 0) is 61.7 Å². The number of phenols is 1. The molecule has 3 aromatic rings. The van der Waals surface area contributed by atoms with Crippen LogP contribution in [0.3, 0.4) is 0 Å². The van der Waals surface area contributed by atoms with E-state index >= 15 is 0 Å². The summed E-state index contributed by atoms with van der Waals surface area (Å²) in [5, 5.41) is 14.7. The van der Waals surface area contributed by atoms with Gasteiger partial charge in [0.2, 0.25) is 0 Å². The highest BCUT2D eigenvalue weighted by Crippen LogP contribution is 2.54. The van der Waals surface area contributed by atoms with E-state index in [2.05, 4.69) is 5.10 Å². The lowest BCUT2D eigenvalue weighted by atomic mass is 9.60. The van der Waals surface area contributed by atoms with E-state index in [0.29, 0.717) is 29.4 Å². The average molecular weight is 444 g/mol. The molecule has 0 unspecified atom stereocenters. The van der Waals surface area contributed by atoms with Crippen LogP contribution in [0.2, 0.25) is 5.02 Å². The minimum absolute atomic E-state index is 0.0180. The summed E-state index contributed by atoms with van der Waals surface area (Å²) in [5.41, 5.74) is 2.06. The Bertz CT molecular complexity index is 1200. The molecule has 2 heterocycles. The molecule has 1 N–H and O–H groups in total. The molecule has 0 bridgehead atoms. The number of aromatic hydroxyl groups is 1. The lowest BCUT2D eigenvalue weighted by molar-refractivity contribution is -0.0739. The SMILES string of the molecule is Cc1cn(C2CC3(C2)CN(C(=O)c2cc(O)ccc2F)C3)nc1-c1cc(F)ccc1Cl. The van der Waals surface area contributed by atoms with Crippen molar-refractivity contribution in [2.45, 2.75) is 25.8 Å². The average Bonchev–Trinajstić information content (AvgIpc) is 3.04. The topological polar surface area (TPSA) is 58.4 Å². The second-order valence-electron chi connectivity index (χ2n) is 8.65. The van der Waals surface area contributed by atoms with Crippen molar-refractivity contribution in [3.63, 3.8) is 0 Å². The molecule has 1 spiro atoms. The zero-order valence-electron chi connectivity index (χ0n) is 16.8. The van der Waals surface area contributed by atoms with Gasteiger partial charge in [0.15, 0.2) is 0 Å². The molecule has 2 fully saturated rings. The molecular weight excluding hydrogens is 424 g/mol. The number of carbonyl (C=O) groups excluding carboxylic acids is 1. The highest BCUT2D eigenvalue weighted by Gasteiger charge is 2.54. The van der Waals surface area contributed by atoms with E-state index in [0.717, 1.165) is 30.5 Å². The maximum Gasteiger partial charge on any atom is 0.257 e. The van der Waals surface area contributed by atoms with Crippen molar-refractivity contribution in [1.29, 1.82) is 0 Å². The first-order chi connectivity index (χ1) is 14.7. The highest BCUT2D eigenvalue weighted by molar-refractivity contribution is 6.33. The first-order valence-electron chi connectivity index (χ1n) is 10.0. The molecule has 5 nitrogen and oxygen atoms in total.